The number of hydrogen-bond donors (Lipinski definition) is 4. The first kappa shape index (κ1) is 15.9. The second-order valence-electron chi connectivity index (χ2n) is 3.71. The molecule has 0 fully saturated rings. The molecule has 0 aliphatic rings. The lowest BCUT2D eigenvalue weighted by Gasteiger charge is -2.01. The van der Waals surface area contributed by atoms with Crippen LogP contribution < -0.4 is 11.1 Å². The van der Waals surface area contributed by atoms with Gasteiger partial charge >= 0.3 is 11.9 Å². The highest BCUT2D eigenvalue weighted by Crippen LogP contribution is 2.25. The summed E-state index contributed by atoms with van der Waals surface area (Å²) in [6.45, 7) is 1.61. The summed E-state index contributed by atoms with van der Waals surface area (Å²) in [5.74, 6) is -2.66. The lowest BCUT2D eigenvalue weighted by atomic mass is 10.2. The number of nitrogens with two attached hydrogens (primary N) is 1. The molecule has 8 heteroatoms. The molecule has 1 aromatic carbocycles. The Morgan fingerprint density at radius 1 is 1.25 bits per heavy atom. The van der Waals surface area contributed by atoms with Crippen LogP contribution in [0.15, 0.2) is 24.3 Å². The largest absolute Gasteiger partial charge is 0.473 e. The van der Waals surface area contributed by atoms with Crippen LogP contribution in [0.3, 0.4) is 0 Å². The minimum Gasteiger partial charge on any atom is -0.473 e. The Morgan fingerprint density at radius 3 is 2.50 bits per heavy atom. The maximum atomic E-state index is 9.10. The predicted molar refractivity (Wildman–Crippen MR) is 77.1 cm³/mol. The summed E-state index contributed by atoms with van der Waals surface area (Å²) in [5.41, 5.74) is 5.42. The summed E-state index contributed by atoms with van der Waals surface area (Å²) in [7, 11) is 0. The number of rotatable bonds is 4. The molecule has 0 saturated carbocycles. The summed E-state index contributed by atoms with van der Waals surface area (Å²) in [5, 5.41) is 19.3. The minimum absolute atomic E-state index is 0.717. The van der Waals surface area contributed by atoms with Gasteiger partial charge in [0.1, 0.15) is 5.82 Å². The van der Waals surface area contributed by atoms with Crippen molar-refractivity contribution in [2.75, 3.05) is 18.4 Å². The molecule has 0 unspecified atom stereocenters. The van der Waals surface area contributed by atoms with Crippen molar-refractivity contribution in [1.82, 2.24) is 4.37 Å². The Bertz CT molecular complexity index is 573. The van der Waals surface area contributed by atoms with E-state index in [0.717, 1.165) is 25.3 Å². The zero-order chi connectivity index (χ0) is 15.0. The molecule has 0 aliphatic heterocycles. The zero-order valence-corrected chi connectivity index (χ0v) is 11.4. The molecule has 2 aromatic rings. The van der Waals surface area contributed by atoms with Crippen molar-refractivity contribution in [2.45, 2.75) is 6.42 Å². The molecule has 0 spiro atoms. The maximum absolute atomic E-state index is 9.10. The minimum atomic E-state index is -1.82. The fraction of sp³-hybridized carbons (Fsp3) is 0.250. The first-order valence-corrected chi connectivity index (χ1v) is 6.58. The summed E-state index contributed by atoms with van der Waals surface area (Å²) >= 11 is 1.53. The Balaban J connectivity index is 0.000000286. The van der Waals surface area contributed by atoms with Gasteiger partial charge in [-0.1, -0.05) is 12.1 Å². The Kier molecular flexibility index (Phi) is 6.41. The monoisotopic (exact) mass is 297 g/mol. The molecule has 0 aliphatic carbocycles. The topological polar surface area (TPSA) is 126 Å². The fourth-order valence-electron chi connectivity index (χ4n) is 1.32. The predicted octanol–water partition coefficient (Wildman–Crippen LogP) is 1.21. The SMILES string of the molecule is NCCCNc1nsc2ccccc12.O=C(O)C(=O)O. The third-order valence-electron chi connectivity index (χ3n) is 2.23. The van der Waals surface area contributed by atoms with Crippen molar-refractivity contribution < 1.29 is 19.8 Å². The van der Waals surface area contributed by atoms with E-state index in [-0.39, 0.29) is 0 Å². The van der Waals surface area contributed by atoms with Crippen LogP contribution in [0.25, 0.3) is 10.1 Å². The molecular weight excluding hydrogens is 282 g/mol. The molecule has 7 nitrogen and oxygen atoms in total. The molecule has 0 atom stereocenters. The highest BCUT2D eigenvalue weighted by Gasteiger charge is 2.04. The molecule has 20 heavy (non-hydrogen) atoms. The Labute approximate surface area is 119 Å². The van der Waals surface area contributed by atoms with Gasteiger partial charge in [0.05, 0.1) is 4.70 Å². The van der Waals surface area contributed by atoms with E-state index in [2.05, 4.69) is 21.8 Å². The highest BCUT2D eigenvalue weighted by atomic mass is 32.1. The van der Waals surface area contributed by atoms with E-state index in [4.69, 9.17) is 25.5 Å². The molecule has 108 valence electrons. The van der Waals surface area contributed by atoms with Crippen molar-refractivity contribution in [3.05, 3.63) is 24.3 Å². The fourth-order valence-corrected chi connectivity index (χ4v) is 2.08. The van der Waals surface area contributed by atoms with Gasteiger partial charge in [-0.05, 0) is 36.6 Å². The number of nitrogens with one attached hydrogen (secondary N) is 1. The van der Waals surface area contributed by atoms with E-state index in [1.807, 2.05) is 12.1 Å². The van der Waals surface area contributed by atoms with Gasteiger partial charge in [-0.3, -0.25) is 0 Å². The molecule has 5 N–H and O–H groups in total. The number of aromatic nitrogens is 1. The standard InChI is InChI=1S/C10H13N3S.C2H2O4/c11-6-3-7-12-10-8-4-1-2-5-9(8)14-13-10;3-1(4)2(5)6/h1-2,4-5H,3,6-7,11H2,(H,12,13);(H,3,4)(H,5,6). The molecule has 1 aromatic heterocycles. The lowest BCUT2D eigenvalue weighted by molar-refractivity contribution is -0.159. The molecule has 1 heterocycles. The highest BCUT2D eigenvalue weighted by molar-refractivity contribution is 7.13. The van der Waals surface area contributed by atoms with Crippen LogP contribution in [0.2, 0.25) is 0 Å². The second-order valence-corrected chi connectivity index (χ2v) is 4.51. The van der Waals surface area contributed by atoms with Crippen molar-refractivity contribution >= 4 is 39.4 Å². The van der Waals surface area contributed by atoms with E-state index >= 15 is 0 Å². The van der Waals surface area contributed by atoms with Gasteiger partial charge in [0.2, 0.25) is 0 Å². The van der Waals surface area contributed by atoms with Crippen LogP contribution in [0.5, 0.6) is 0 Å². The number of carboxylic acid groups (broad SMARTS) is 2. The van der Waals surface area contributed by atoms with Crippen LogP contribution in [-0.4, -0.2) is 39.6 Å². The van der Waals surface area contributed by atoms with E-state index in [9.17, 15) is 0 Å². The number of nitrogens with zero attached hydrogens (tertiary/aromatic N) is 1. The van der Waals surface area contributed by atoms with Crippen LogP contribution in [-0.2, 0) is 9.59 Å². The molecule has 2 rings (SSSR count). The third-order valence-corrected chi connectivity index (χ3v) is 3.06. The van der Waals surface area contributed by atoms with Crippen LogP contribution in [0, 0.1) is 0 Å². The average Bonchev–Trinajstić information content (AvgIpc) is 2.83. The van der Waals surface area contributed by atoms with Gasteiger partial charge in [0.15, 0.2) is 0 Å². The molecule has 0 radical (unpaired) electrons. The molecule has 0 saturated heterocycles. The average molecular weight is 297 g/mol. The van der Waals surface area contributed by atoms with Crippen LogP contribution in [0.4, 0.5) is 5.82 Å². The number of anilines is 1. The first-order chi connectivity index (χ1) is 9.56. The van der Waals surface area contributed by atoms with Crippen molar-refractivity contribution in [2.24, 2.45) is 5.73 Å². The summed E-state index contributed by atoms with van der Waals surface area (Å²) in [4.78, 5) is 18.2. The van der Waals surface area contributed by atoms with Crippen molar-refractivity contribution in [3.63, 3.8) is 0 Å². The normalized spacial score (nSPS) is 9.65. The number of benzene rings is 1. The molecule has 0 bridgehead atoms. The number of carboxylic acids is 2. The Morgan fingerprint density at radius 2 is 1.90 bits per heavy atom. The van der Waals surface area contributed by atoms with Gasteiger partial charge < -0.3 is 21.3 Å². The maximum Gasteiger partial charge on any atom is 0.414 e. The van der Waals surface area contributed by atoms with E-state index < -0.39 is 11.9 Å². The summed E-state index contributed by atoms with van der Waals surface area (Å²) in [6.07, 6.45) is 0.978. The smallest absolute Gasteiger partial charge is 0.414 e. The summed E-state index contributed by atoms with van der Waals surface area (Å²) in [6, 6.07) is 8.24. The van der Waals surface area contributed by atoms with Gasteiger partial charge in [-0.25, -0.2) is 9.59 Å². The van der Waals surface area contributed by atoms with E-state index in [0.29, 0.717) is 0 Å². The number of fused-ring (bicyclic) bond motifs is 1. The van der Waals surface area contributed by atoms with Gasteiger partial charge in [0.25, 0.3) is 0 Å². The van der Waals surface area contributed by atoms with E-state index in [1.54, 1.807) is 0 Å². The van der Waals surface area contributed by atoms with E-state index in [1.165, 1.54) is 21.6 Å². The van der Waals surface area contributed by atoms with Crippen LogP contribution >= 0.6 is 11.5 Å². The second kappa shape index (κ2) is 8.08. The van der Waals surface area contributed by atoms with Crippen molar-refractivity contribution in [1.29, 1.82) is 0 Å². The number of aliphatic carboxylic acids is 2. The number of carbonyl (C=O) groups is 2. The Hall–Kier alpha value is -2.19. The van der Waals surface area contributed by atoms with Gasteiger partial charge in [0, 0.05) is 11.9 Å². The summed E-state index contributed by atoms with van der Waals surface area (Å²) < 4.78 is 5.58. The molecular formula is C12H15N3O4S. The van der Waals surface area contributed by atoms with Crippen LogP contribution in [0.1, 0.15) is 6.42 Å². The van der Waals surface area contributed by atoms with Gasteiger partial charge in [-0.2, -0.15) is 4.37 Å². The number of hydrogen-bond acceptors (Lipinski definition) is 6. The lowest BCUT2D eigenvalue weighted by Crippen LogP contribution is -2.09. The van der Waals surface area contributed by atoms with Gasteiger partial charge in [-0.15, -0.1) is 0 Å². The zero-order valence-electron chi connectivity index (χ0n) is 10.6. The quantitative estimate of drug-likeness (QED) is 0.493. The third kappa shape index (κ3) is 4.82. The molecule has 0 amide bonds. The van der Waals surface area contributed by atoms with Crippen molar-refractivity contribution in [3.8, 4) is 0 Å². The first-order valence-electron chi connectivity index (χ1n) is 5.80.